The second kappa shape index (κ2) is 7.44. The molecule has 5 aliphatic carbocycles. The molecule has 5 aliphatic rings. The van der Waals surface area contributed by atoms with Gasteiger partial charge in [-0.15, -0.1) is 0 Å². The van der Waals surface area contributed by atoms with E-state index in [4.69, 9.17) is 0 Å². The van der Waals surface area contributed by atoms with E-state index >= 15 is 0 Å². The van der Waals surface area contributed by atoms with Gasteiger partial charge in [0.15, 0.2) is 0 Å². The molecule has 0 aliphatic heterocycles. The van der Waals surface area contributed by atoms with Crippen LogP contribution in [0, 0.1) is 51.8 Å². The van der Waals surface area contributed by atoms with Gasteiger partial charge in [0, 0.05) is 17.8 Å². The van der Waals surface area contributed by atoms with Crippen LogP contribution in [0.2, 0.25) is 0 Å². The molecule has 0 radical (unpaired) electrons. The fourth-order valence-electron chi connectivity index (χ4n) is 9.56. The Labute approximate surface area is 190 Å². The summed E-state index contributed by atoms with van der Waals surface area (Å²) in [5, 5.41) is 10.8. The minimum absolute atomic E-state index is 0.117. The molecule has 5 rings (SSSR count). The van der Waals surface area contributed by atoms with Gasteiger partial charge in [0.25, 0.3) is 0 Å². The quantitative estimate of drug-likeness (QED) is 0.483. The Balaban J connectivity index is 1.39. The predicted octanol–water partition coefficient (Wildman–Crippen LogP) is 6.96. The molecular formula is C29H46O2. The van der Waals surface area contributed by atoms with Gasteiger partial charge in [0.2, 0.25) is 0 Å². The molecule has 4 saturated carbocycles. The summed E-state index contributed by atoms with van der Waals surface area (Å²) in [7, 11) is 0. The number of hydrogen-bond acceptors (Lipinski definition) is 2. The lowest BCUT2D eigenvalue weighted by atomic mass is 9.45. The van der Waals surface area contributed by atoms with Gasteiger partial charge < -0.3 is 5.11 Å². The number of Topliss-reactive ketones (excluding diaryl/α,β-unsaturated/α-hetero) is 1. The highest BCUT2D eigenvalue weighted by Crippen LogP contribution is 2.72. The van der Waals surface area contributed by atoms with Crippen molar-refractivity contribution in [3.63, 3.8) is 0 Å². The molecule has 0 saturated heterocycles. The molecule has 31 heavy (non-hydrogen) atoms. The Kier molecular flexibility index (Phi) is 5.32. The number of aliphatic hydroxyl groups is 1. The van der Waals surface area contributed by atoms with Crippen LogP contribution in [0.4, 0.5) is 0 Å². The third kappa shape index (κ3) is 3.17. The molecule has 1 N–H and O–H groups in total. The van der Waals surface area contributed by atoms with Crippen LogP contribution in [0.3, 0.4) is 0 Å². The zero-order chi connectivity index (χ0) is 22.2. The first-order valence-electron chi connectivity index (χ1n) is 13.6. The lowest BCUT2D eigenvalue weighted by Gasteiger charge is -2.59. The van der Waals surface area contributed by atoms with Crippen LogP contribution in [0.25, 0.3) is 0 Å². The Morgan fingerprint density at radius 1 is 1.06 bits per heavy atom. The van der Waals surface area contributed by atoms with Crippen LogP contribution in [-0.2, 0) is 4.79 Å². The molecule has 4 fully saturated rings. The highest BCUT2D eigenvalue weighted by Gasteiger charge is 2.66. The molecule has 1 spiro atoms. The lowest BCUT2D eigenvalue weighted by Crippen LogP contribution is -2.54. The summed E-state index contributed by atoms with van der Waals surface area (Å²) >= 11 is 0. The normalized spacial score (nSPS) is 46.4. The first kappa shape index (κ1) is 22.2. The van der Waals surface area contributed by atoms with Crippen LogP contribution in [0.1, 0.15) is 105 Å². The van der Waals surface area contributed by atoms with Gasteiger partial charge in [-0.25, -0.2) is 0 Å². The summed E-state index contributed by atoms with van der Waals surface area (Å²) in [6.07, 6.45) is 15.2. The van der Waals surface area contributed by atoms with E-state index in [0.29, 0.717) is 29.5 Å². The number of aliphatic hydroxyl groups excluding tert-OH is 1. The number of rotatable bonds is 5. The fourth-order valence-corrected chi connectivity index (χ4v) is 9.56. The van der Waals surface area contributed by atoms with E-state index in [1.165, 1.54) is 44.9 Å². The standard InChI is InChI=1S/C29H46O2/c1-18(2)7-6-8-19(3)22-17-23(30)26-20-9-10-24-27(4,21(20)11-13-28(22,26)5)14-12-25(31)29(24)15-16-29/h10,18-22,25-26,31H,6-9,11-17H2,1-5H3/t19-,20-,21+,22-,25-,26-,27-,28-/m1/s1. The van der Waals surface area contributed by atoms with Crippen molar-refractivity contribution in [2.45, 2.75) is 111 Å². The van der Waals surface area contributed by atoms with Gasteiger partial charge in [-0.2, -0.15) is 0 Å². The first-order valence-corrected chi connectivity index (χ1v) is 13.6. The molecule has 2 nitrogen and oxygen atoms in total. The maximum atomic E-state index is 13.6. The maximum absolute atomic E-state index is 13.6. The van der Waals surface area contributed by atoms with E-state index in [-0.39, 0.29) is 28.3 Å². The Hall–Kier alpha value is -0.630. The molecule has 0 aromatic carbocycles. The topological polar surface area (TPSA) is 37.3 Å². The third-order valence-corrected chi connectivity index (χ3v) is 11.3. The Morgan fingerprint density at radius 2 is 1.81 bits per heavy atom. The van der Waals surface area contributed by atoms with Crippen molar-refractivity contribution in [3.8, 4) is 0 Å². The monoisotopic (exact) mass is 426 g/mol. The first-order chi connectivity index (χ1) is 14.6. The Morgan fingerprint density at radius 3 is 2.48 bits per heavy atom. The van der Waals surface area contributed by atoms with E-state index in [1.807, 2.05) is 0 Å². The van der Waals surface area contributed by atoms with E-state index in [0.717, 1.165) is 31.6 Å². The maximum Gasteiger partial charge on any atom is 0.137 e. The number of carbonyl (C=O) groups is 1. The van der Waals surface area contributed by atoms with E-state index in [9.17, 15) is 9.90 Å². The number of ketones is 1. The Bertz CT molecular complexity index is 761. The summed E-state index contributed by atoms with van der Waals surface area (Å²) in [5.74, 6) is 4.09. The zero-order valence-electron chi connectivity index (χ0n) is 20.8. The lowest BCUT2D eigenvalue weighted by molar-refractivity contribution is -0.131. The van der Waals surface area contributed by atoms with Gasteiger partial charge in [-0.05, 0) is 85.4 Å². The number of carbonyl (C=O) groups excluding carboxylic acids is 1. The summed E-state index contributed by atoms with van der Waals surface area (Å²) in [5.41, 5.74) is 2.16. The van der Waals surface area contributed by atoms with Gasteiger partial charge >= 0.3 is 0 Å². The number of allylic oxidation sites excluding steroid dienone is 1. The van der Waals surface area contributed by atoms with Crippen molar-refractivity contribution in [2.75, 3.05) is 0 Å². The third-order valence-electron chi connectivity index (χ3n) is 11.3. The highest BCUT2D eigenvalue weighted by molar-refractivity contribution is 5.85. The molecule has 8 atom stereocenters. The average Bonchev–Trinajstić information content (AvgIpc) is 3.44. The second-order valence-corrected chi connectivity index (χ2v) is 13.4. The zero-order valence-corrected chi connectivity index (χ0v) is 20.8. The van der Waals surface area contributed by atoms with Crippen molar-refractivity contribution in [1.29, 1.82) is 0 Å². The summed E-state index contributed by atoms with van der Waals surface area (Å²) in [6, 6.07) is 0. The van der Waals surface area contributed by atoms with Gasteiger partial charge in [0.1, 0.15) is 5.78 Å². The molecule has 0 unspecified atom stereocenters. The number of hydrogen-bond donors (Lipinski definition) is 1. The van der Waals surface area contributed by atoms with Crippen LogP contribution in [0.5, 0.6) is 0 Å². The molecule has 0 amide bonds. The van der Waals surface area contributed by atoms with E-state index in [1.54, 1.807) is 5.57 Å². The van der Waals surface area contributed by atoms with Crippen molar-refractivity contribution in [1.82, 2.24) is 0 Å². The molecule has 0 aromatic rings. The smallest absolute Gasteiger partial charge is 0.137 e. The highest BCUT2D eigenvalue weighted by atomic mass is 16.3. The minimum atomic E-state index is -0.124. The van der Waals surface area contributed by atoms with Gasteiger partial charge in [-0.3, -0.25) is 4.79 Å². The molecule has 174 valence electrons. The number of fused-ring (bicyclic) bond motifs is 6. The van der Waals surface area contributed by atoms with Gasteiger partial charge in [-0.1, -0.05) is 65.5 Å². The minimum Gasteiger partial charge on any atom is -0.392 e. The molecular weight excluding hydrogens is 380 g/mol. The van der Waals surface area contributed by atoms with Crippen molar-refractivity contribution in [3.05, 3.63) is 11.6 Å². The average molecular weight is 427 g/mol. The largest absolute Gasteiger partial charge is 0.392 e. The van der Waals surface area contributed by atoms with Gasteiger partial charge in [0.05, 0.1) is 6.10 Å². The van der Waals surface area contributed by atoms with E-state index < -0.39 is 0 Å². The van der Waals surface area contributed by atoms with Crippen LogP contribution < -0.4 is 0 Å². The van der Waals surface area contributed by atoms with E-state index in [2.05, 4.69) is 40.7 Å². The van der Waals surface area contributed by atoms with Crippen LogP contribution in [0.15, 0.2) is 11.6 Å². The van der Waals surface area contributed by atoms with Crippen LogP contribution in [-0.4, -0.2) is 17.0 Å². The molecule has 0 heterocycles. The van der Waals surface area contributed by atoms with Crippen LogP contribution >= 0.6 is 0 Å². The summed E-state index contributed by atoms with van der Waals surface area (Å²) in [4.78, 5) is 13.6. The summed E-state index contributed by atoms with van der Waals surface area (Å²) in [6.45, 7) is 12.1. The SMILES string of the molecule is CC(C)CCC[C@@H](C)[C@H]1CC(=O)[C@H]2[C@@H]3CC=C4C5(CC5)[C@H](O)CC[C@]4(C)[C@H]3CC[C@]12C. The second-order valence-electron chi connectivity index (χ2n) is 13.4. The predicted molar refractivity (Wildman–Crippen MR) is 126 cm³/mol. The van der Waals surface area contributed by atoms with Crippen molar-refractivity contribution in [2.24, 2.45) is 51.8 Å². The molecule has 0 aromatic heterocycles. The molecule has 0 bridgehead atoms. The van der Waals surface area contributed by atoms with Crippen molar-refractivity contribution >= 4 is 5.78 Å². The fraction of sp³-hybridized carbons (Fsp3) is 0.897. The van der Waals surface area contributed by atoms with Crippen molar-refractivity contribution < 1.29 is 9.90 Å². The summed E-state index contributed by atoms with van der Waals surface area (Å²) < 4.78 is 0. The molecule has 2 heteroatoms.